The largest absolute Gasteiger partial charge is 0.497 e. The van der Waals surface area contributed by atoms with E-state index in [4.69, 9.17) is 25.4 Å². The van der Waals surface area contributed by atoms with Gasteiger partial charge in [0.1, 0.15) is 24.7 Å². The Balaban J connectivity index is 1.76. The number of terminal acetylenes is 1. The van der Waals surface area contributed by atoms with Crippen LogP contribution in [-0.4, -0.2) is 20.0 Å². The summed E-state index contributed by atoms with van der Waals surface area (Å²) in [4.78, 5) is 11.9. The van der Waals surface area contributed by atoms with Crippen molar-refractivity contribution in [3.05, 3.63) is 83.4 Å². The van der Waals surface area contributed by atoms with Crippen molar-refractivity contribution in [2.24, 2.45) is 0 Å². The molecule has 0 radical (unpaired) electrons. The summed E-state index contributed by atoms with van der Waals surface area (Å²) in [5, 5.41) is 0. The van der Waals surface area contributed by atoms with Crippen molar-refractivity contribution in [3.63, 3.8) is 0 Å². The summed E-state index contributed by atoms with van der Waals surface area (Å²) in [6, 6.07) is 20.1. The molecule has 152 valence electrons. The molecule has 0 heterocycles. The van der Waals surface area contributed by atoms with E-state index >= 15 is 0 Å². The van der Waals surface area contributed by atoms with Gasteiger partial charge < -0.3 is 18.9 Å². The molecule has 0 saturated carbocycles. The van der Waals surface area contributed by atoms with Crippen LogP contribution in [0.1, 0.15) is 21.5 Å². The first-order valence-corrected chi connectivity index (χ1v) is 9.29. The maximum atomic E-state index is 11.9. The molecule has 0 amide bonds. The minimum absolute atomic E-state index is 0.302. The van der Waals surface area contributed by atoms with E-state index < -0.39 is 5.78 Å². The zero-order valence-corrected chi connectivity index (χ0v) is 16.9. The van der Waals surface area contributed by atoms with Gasteiger partial charge in [0.2, 0.25) is 5.78 Å². The maximum Gasteiger partial charge on any atom is 0.235 e. The van der Waals surface area contributed by atoms with Gasteiger partial charge in [-0.05, 0) is 59.5 Å². The molecule has 0 saturated heterocycles. The fraction of sp³-hybridized carbons (Fsp3) is 0.160. The second-order valence-corrected chi connectivity index (χ2v) is 6.41. The lowest BCUT2D eigenvalue weighted by Crippen LogP contribution is -2.03. The van der Waals surface area contributed by atoms with E-state index in [1.165, 1.54) is 0 Å². The Hall–Kier alpha value is -3.91. The highest BCUT2D eigenvalue weighted by atomic mass is 16.5. The van der Waals surface area contributed by atoms with Crippen LogP contribution in [0.15, 0.2) is 66.7 Å². The van der Waals surface area contributed by atoms with Crippen LogP contribution in [0, 0.1) is 12.3 Å². The topological polar surface area (TPSA) is 54.0 Å². The first-order chi connectivity index (χ1) is 14.6. The van der Waals surface area contributed by atoms with E-state index in [-0.39, 0.29) is 0 Å². The number of carbonyl (C=O) groups is 1. The van der Waals surface area contributed by atoms with Crippen LogP contribution in [0.3, 0.4) is 0 Å². The zero-order valence-electron chi connectivity index (χ0n) is 16.9. The molecule has 30 heavy (non-hydrogen) atoms. The molecule has 3 aromatic rings. The number of carbonyl (C=O) groups excluding carboxylic acids is 1. The van der Waals surface area contributed by atoms with Gasteiger partial charge in [-0.15, -0.1) is 6.42 Å². The lowest BCUT2D eigenvalue weighted by atomic mass is 10.1. The van der Waals surface area contributed by atoms with Gasteiger partial charge in [-0.2, -0.15) is 0 Å². The van der Waals surface area contributed by atoms with Crippen LogP contribution >= 0.6 is 0 Å². The number of rotatable bonds is 9. The molecule has 0 unspecified atom stereocenters. The smallest absolute Gasteiger partial charge is 0.235 e. The molecule has 0 bridgehead atoms. The third-order valence-electron chi connectivity index (χ3n) is 4.44. The maximum absolute atomic E-state index is 11.9. The van der Waals surface area contributed by atoms with Crippen molar-refractivity contribution >= 4 is 5.78 Å². The molecule has 0 atom stereocenters. The van der Waals surface area contributed by atoms with Crippen molar-refractivity contribution in [2.45, 2.75) is 13.2 Å². The fourth-order valence-electron chi connectivity index (χ4n) is 2.73. The normalized spacial score (nSPS) is 10.0. The highest BCUT2D eigenvalue weighted by molar-refractivity contribution is 6.08. The molecule has 0 aliphatic heterocycles. The Kier molecular flexibility index (Phi) is 6.96. The third kappa shape index (κ3) is 5.33. The van der Waals surface area contributed by atoms with Crippen molar-refractivity contribution in [2.75, 3.05) is 14.2 Å². The third-order valence-corrected chi connectivity index (χ3v) is 4.44. The van der Waals surface area contributed by atoms with Gasteiger partial charge in [0.05, 0.1) is 14.2 Å². The Morgan fingerprint density at radius 2 is 1.27 bits per heavy atom. The predicted molar refractivity (Wildman–Crippen MR) is 114 cm³/mol. The molecule has 0 spiro atoms. The minimum Gasteiger partial charge on any atom is -0.497 e. The molecular weight excluding hydrogens is 380 g/mol. The first kappa shape index (κ1) is 20.8. The molecule has 5 nitrogen and oxygen atoms in total. The average Bonchev–Trinajstić information content (AvgIpc) is 2.81. The van der Waals surface area contributed by atoms with Crippen LogP contribution in [-0.2, 0) is 13.2 Å². The number of methoxy groups -OCH3 is 2. The van der Waals surface area contributed by atoms with Gasteiger partial charge in [-0.25, -0.2) is 0 Å². The minimum atomic E-state index is -0.411. The molecular formula is C25H22O5. The number of benzene rings is 3. The van der Waals surface area contributed by atoms with E-state index in [1.54, 1.807) is 32.4 Å². The highest BCUT2D eigenvalue weighted by Crippen LogP contribution is 2.30. The van der Waals surface area contributed by atoms with Gasteiger partial charge in [-0.1, -0.05) is 24.3 Å². The Morgan fingerprint density at radius 3 is 1.73 bits per heavy atom. The van der Waals surface area contributed by atoms with Crippen molar-refractivity contribution in [3.8, 4) is 35.3 Å². The second-order valence-electron chi connectivity index (χ2n) is 6.41. The summed E-state index contributed by atoms with van der Waals surface area (Å²) in [6.07, 6.45) is 5.25. The number of hydrogen-bond acceptors (Lipinski definition) is 5. The van der Waals surface area contributed by atoms with Crippen LogP contribution in [0.2, 0.25) is 0 Å². The summed E-state index contributed by atoms with van der Waals surface area (Å²) in [5.41, 5.74) is 2.30. The number of ketones is 1. The molecule has 0 N–H and O–H groups in total. The van der Waals surface area contributed by atoms with Gasteiger partial charge >= 0.3 is 0 Å². The average molecular weight is 402 g/mol. The van der Waals surface area contributed by atoms with Crippen molar-refractivity contribution in [1.82, 2.24) is 0 Å². The standard InChI is InChI=1S/C25H22O5/c1-4-23(26)20-9-14-24(29-16-18-5-10-21(27-2)11-6-18)25(15-20)30-17-19-7-12-22(28-3)13-8-19/h1,5-15H,16-17H2,2-3H3. The van der Waals surface area contributed by atoms with Crippen molar-refractivity contribution in [1.29, 1.82) is 0 Å². The van der Waals surface area contributed by atoms with E-state index in [1.807, 2.05) is 48.5 Å². The monoisotopic (exact) mass is 402 g/mol. The van der Waals surface area contributed by atoms with E-state index in [0.717, 1.165) is 22.6 Å². The fourth-order valence-corrected chi connectivity index (χ4v) is 2.73. The Labute approximate surface area is 176 Å². The van der Waals surface area contributed by atoms with Crippen LogP contribution in [0.25, 0.3) is 0 Å². The summed E-state index contributed by atoms with van der Waals surface area (Å²) in [7, 11) is 3.24. The molecule has 0 aliphatic rings. The van der Waals surface area contributed by atoms with Gasteiger partial charge in [0.15, 0.2) is 11.5 Å². The molecule has 3 aromatic carbocycles. The second kappa shape index (κ2) is 10.0. The number of ether oxygens (including phenoxy) is 4. The summed E-state index contributed by atoms with van der Waals surface area (Å²) in [6.45, 7) is 0.641. The number of Topliss-reactive ketones (excluding diaryl/α,β-unsaturated/α-hetero) is 1. The molecule has 0 aromatic heterocycles. The first-order valence-electron chi connectivity index (χ1n) is 9.29. The van der Waals surface area contributed by atoms with Crippen LogP contribution < -0.4 is 18.9 Å². The SMILES string of the molecule is C#CC(=O)c1ccc(OCc2ccc(OC)cc2)c(OCc2ccc(OC)cc2)c1. The van der Waals surface area contributed by atoms with Crippen molar-refractivity contribution < 1.29 is 23.7 Å². The van der Waals surface area contributed by atoms with E-state index in [9.17, 15) is 4.79 Å². The summed E-state index contributed by atoms with van der Waals surface area (Å²) in [5.74, 6) is 4.22. The molecule has 0 aliphatic carbocycles. The Morgan fingerprint density at radius 1 is 0.767 bits per heavy atom. The van der Waals surface area contributed by atoms with Crippen LogP contribution in [0.5, 0.6) is 23.0 Å². The lowest BCUT2D eigenvalue weighted by molar-refractivity contribution is 0.105. The lowest BCUT2D eigenvalue weighted by Gasteiger charge is -2.14. The molecule has 3 rings (SSSR count). The summed E-state index contributed by atoms with van der Waals surface area (Å²) >= 11 is 0. The molecule has 0 fully saturated rings. The molecule has 5 heteroatoms. The summed E-state index contributed by atoms with van der Waals surface area (Å²) < 4.78 is 22.2. The quantitative estimate of drug-likeness (QED) is 0.296. The van der Waals surface area contributed by atoms with E-state index in [2.05, 4.69) is 5.92 Å². The predicted octanol–water partition coefficient (Wildman–Crippen LogP) is 4.68. The number of hydrogen-bond donors (Lipinski definition) is 0. The highest BCUT2D eigenvalue weighted by Gasteiger charge is 2.11. The van der Waals surface area contributed by atoms with Gasteiger partial charge in [0, 0.05) is 5.56 Å². The van der Waals surface area contributed by atoms with Gasteiger partial charge in [-0.3, -0.25) is 4.79 Å². The van der Waals surface area contributed by atoms with E-state index in [0.29, 0.717) is 30.3 Å². The van der Waals surface area contributed by atoms with Gasteiger partial charge in [0.25, 0.3) is 0 Å². The Bertz CT molecular complexity index is 1030. The zero-order chi connectivity index (χ0) is 21.3. The van der Waals surface area contributed by atoms with Crippen LogP contribution in [0.4, 0.5) is 0 Å².